The molecule has 3 rings (SSSR count). The molecule has 5 nitrogen and oxygen atoms in total. The molecule has 1 amide bonds. The van der Waals surface area contributed by atoms with E-state index in [1.54, 1.807) is 0 Å². The number of ether oxygens (including phenoxy) is 2. The molecule has 0 aliphatic carbocycles. The Balaban J connectivity index is 1.56. The highest BCUT2D eigenvalue weighted by Crippen LogP contribution is 2.39. The molecule has 5 heteroatoms. The van der Waals surface area contributed by atoms with Crippen LogP contribution in [0.1, 0.15) is 55.8 Å². The summed E-state index contributed by atoms with van der Waals surface area (Å²) in [6.45, 7) is 3.67. The van der Waals surface area contributed by atoms with Crippen molar-refractivity contribution in [1.29, 1.82) is 0 Å². The summed E-state index contributed by atoms with van der Waals surface area (Å²) in [5.41, 5.74) is 0.499. The first kappa shape index (κ1) is 17.9. The van der Waals surface area contributed by atoms with E-state index in [2.05, 4.69) is 0 Å². The number of hydrogen-bond acceptors (Lipinski definition) is 4. The molecule has 25 heavy (non-hydrogen) atoms. The van der Waals surface area contributed by atoms with Gasteiger partial charge in [0, 0.05) is 25.1 Å². The van der Waals surface area contributed by atoms with E-state index in [9.17, 15) is 9.59 Å². The number of hydrogen-bond donors (Lipinski definition) is 0. The standard InChI is InChI=1S/C20H27NO4/c1-2-24-18(22)10-9-17-11-13-20(25-17)12-6-14-21(15-20)19(23)16-7-4-3-5-8-16/h3-5,7-8,17H,2,6,9-15H2,1H3/t17-,20-/m0/s1. The van der Waals surface area contributed by atoms with Crippen LogP contribution >= 0.6 is 0 Å². The number of amides is 1. The Hall–Kier alpha value is -1.88. The number of piperidine rings is 1. The van der Waals surface area contributed by atoms with Gasteiger partial charge in [-0.1, -0.05) is 18.2 Å². The number of carbonyl (C=O) groups excluding carboxylic acids is 2. The SMILES string of the molecule is CCOC(=O)CC[C@H]1CC[C@]2(CCCN(C(=O)c3ccccc3)C2)O1. The van der Waals surface area contributed by atoms with Gasteiger partial charge in [0.25, 0.3) is 5.91 Å². The van der Waals surface area contributed by atoms with E-state index in [1.807, 2.05) is 42.2 Å². The first-order valence-electron chi connectivity index (χ1n) is 9.30. The van der Waals surface area contributed by atoms with Gasteiger partial charge in [-0.3, -0.25) is 9.59 Å². The Kier molecular flexibility index (Phi) is 5.74. The molecule has 0 aromatic heterocycles. The van der Waals surface area contributed by atoms with E-state index in [-0.39, 0.29) is 23.6 Å². The minimum Gasteiger partial charge on any atom is -0.466 e. The van der Waals surface area contributed by atoms with Crippen LogP contribution in [-0.4, -0.2) is 48.2 Å². The van der Waals surface area contributed by atoms with Crippen molar-refractivity contribution in [2.45, 2.75) is 57.2 Å². The number of nitrogens with zero attached hydrogens (tertiary/aromatic N) is 1. The lowest BCUT2D eigenvalue weighted by Crippen LogP contribution is -2.50. The predicted octanol–water partition coefficient (Wildman–Crippen LogP) is 3.18. The van der Waals surface area contributed by atoms with Gasteiger partial charge in [0.1, 0.15) is 0 Å². The molecule has 0 unspecified atom stereocenters. The zero-order chi connectivity index (χ0) is 17.7. The molecule has 2 aliphatic heterocycles. The minimum atomic E-state index is -0.234. The van der Waals surface area contributed by atoms with Crippen LogP contribution in [0.15, 0.2) is 30.3 Å². The first-order valence-corrected chi connectivity index (χ1v) is 9.30. The van der Waals surface area contributed by atoms with Crippen molar-refractivity contribution in [2.24, 2.45) is 0 Å². The Morgan fingerprint density at radius 3 is 2.84 bits per heavy atom. The number of rotatable bonds is 5. The number of esters is 1. The smallest absolute Gasteiger partial charge is 0.305 e. The van der Waals surface area contributed by atoms with Crippen LogP contribution in [0.4, 0.5) is 0 Å². The maximum atomic E-state index is 12.7. The van der Waals surface area contributed by atoms with Crippen molar-refractivity contribution in [3.8, 4) is 0 Å². The fourth-order valence-corrected chi connectivity index (χ4v) is 3.95. The monoisotopic (exact) mass is 345 g/mol. The van der Waals surface area contributed by atoms with Crippen LogP contribution in [0, 0.1) is 0 Å². The number of likely N-dealkylation sites (tertiary alicyclic amines) is 1. The molecule has 0 saturated carbocycles. The minimum absolute atomic E-state index is 0.0817. The largest absolute Gasteiger partial charge is 0.466 e. The quantitative estimate of drug-likeness (QED) is 0.769. The molecule has 1 aromatic carbocycles. The molecule has 1 spiro atoms. The van der Waals surface area contributed by atoms with Crippen molar-refractivity contribution in [3.05, 3.63) is 35.9 Å². The summed E-state index contributed by atoms with van der Waals surface area (Å²) < 4.78 is 11.3. The van der Waals surface area contributed by atoms with Gasteiger partial charge in [0.15, 0.2) is 0 Å². The molecular formula is C20H27NO4. The van der Waals surface area contributed by atoms with E-state index in [0.29, 0.717) is 26.0 Å². The van der Waals surface area contributed by atoms with Crippen molar-refractivity contribution >= 4 is 11.9 Å². The molecule has 0 N–H and O–H groups in total. The van der Waals surface area contributed by atoms with Gasteiger partial charge in [-0.2, -0.15) is 0 Å². The van der Waals surface area contributed by atoms with Gasteiger partial charge >= 0.3 is 5.97 Å². The summed E-state index contributed by atoms with van der Waals surface area (Å²) in [6.07, 6.45) is 5.06. The lowest BCUT2D eigenvalue weighted by molar-refractivity contribution is -0.144. The molecule has 0 bridgehead atoms. The van der Waals surface area contributed by atoms with Gasteiger partial charge in [0.2, 0.25) is 0 Å². The van der Waals surface area contributed by atoms with Crippen LogP contribution in [0.2, 0.25) is 0 Å². The maximum absolute atomic E-state index is 12.7. The van der Waals surface area contributed by atoms with E-state index in [1.165, 1.54) is 0 Å². The predicted molar refractivity (Wildman–Crippen MR) is 94.3 cm³/mol. The summed E-state index contributed by atoms with van der Waals surface area (Å²) in [7, 11) is 0. The van der Waals surface area contributed by atoms with Gasteiger partial charge < -0.3 is 14.4 Å². The fraction of sp³-hybridized carbons (Fsp3) is 0.600. The molecule has 1 aromatic rings. The lowest BCUT2D eigenvalue weighted by atomic mass is 9.89. The molecular weight excluding hydrogens is 318 g/mol. The summed E-state index contributed by atoms with van der Waals surface area (Å²) >= 11 is 0. The van der Waals surface area contributed by atoms with Gasteiger partial charge in [0.05, 0.1) is 18.3 Å². The second-order valence-electron chi connectivity index (χ2n) is 7.00. The van der Waals surface area contributed by atoms with E-state index < -0.39 is 0 Å². The number of benzene rings is 1. The van der Waals surface area contributed by atoms with Gasteiger partial charge in [-0.25, -0.2) is 0 Å². The second kappa shape index (κ2) is 8.00. The van der Waals surface area contributed by atoms with E-state index >= 15 is 0 Å². The normalized spacial score (nSPS) is 26.0. The highest BCUT2D eigenvalue weighted by molar-refractivity contribution is 5.94. The fourth-order valence-electron chi connectivity index (χ4n) is 3.95. The second-order valence-corrected chi connectivity index (χ2v) is 7.00. The number of carbonyl (C=O) groups is 2. The summed E-state index contributed by atoms with van der Waals surface area (Å²) in [5, 5.41) is 0. The lowest BCUT2D eigenvalue weighted by Gasteiger charge is -2.40. The highest BCUT2D eigenvalue weighted by atomic mass is 16.5. The topological polar surface area (TPSA) is 55.8 Å². The average Bonchev–Trinajstić information content (AvgIpc) is 3.02. The zero-order valence-corrected chi connectivity index (χ0v) is 14.9. The molecule has 2 atom stereocenters. The van der Waals surface area contributed by atoms with Crippen LogP contribution in [-0.2, 0) is 14.3 Å². The van der Waals surface area contributed by atoms with Gasteiger partial charge in [-0.05, 0) is 51.2 Å². The van der Waals surface area contributed by atoms with E-state index in [0.717, 1.165) is 37.8 Å². The van der Waals surface area contributed by atoms with Crippen LogP contribution in [0.5, 0.6) is 0 Å². The molecule has 136 valence electrons. The van der Waals surface area contributed by atoms with Crippen LogP contribution < -0.4 is 0 Å². The first-order chi connectivity index (χ1) is 12.1. The van der Waals surface area contributed by atoms with Gasteiger partial charge in [-0.15, -0.1) is 0 Å². The third-order valence-electron chi connectivity index (χ3n) is 5.16. The Bertz CT molecular complexity index is 603. The Morgan fingerprint density at radius 1 is 1.28 bits per heavy atom. The highest BCUT2D eigenvalue weighted by Gasteiger charge is 2.44. The molecule has 2 heterocycles. The molecule has 0 radical (unpaired) electrons. The Labute approximate surface area is 149 Å². The molecule has 2 aliphatic rings. The third kappa shape index (κ3) is 4.40. The van der Waals surface area contributed by atoms with Crippen molar-refractivity contribution in [1.82, 2.24) is 4.90 Å². The summed E-state index contributed by atoms with van der Waals surface area (Å²) in [4.78, 5) is 26.2. The maximum Gasteiger partial charge on any atom is 0.305 e. The average molecular weight is 345 g/mol. The molecule has 2 saturated heterocycles. The zero-order valence-electron chi connectivity index (χ0n) is 14.9. The summed E-state index contributed by atoms with van der Waals surface area (Å²) in [6, 6.07) is 9.43. The van der Waals surface area contributed by atoms with E-state index in [4.69, 9.17) is 9.47 Å². The van der Waals surface area contributed by atoms with Crippen LogP contribution in [0.25, 0.3) is 0 Å². The van der Waals surface area contributed by atoms with Crippen LogP contribution in [0.3, 0.4) is 0 Å². The van der Waals surface area contributed by atoms with Crippen molar-refractivity contribution in [2.75, 3.05) is 19.7 Å². The van der Waals surface area contributed by atoms with Crippen molar-refractivity contribution < 1.29 is 19.1 Å². The summed E-state index contributed by atoms with van der Waals surface area (Å²) in [5.74, 6) is -0.0742. The van der Waals surface area contributed by atoms with Crippen molar-refractivity contribution in [3.63, 3.8) is 0 Å². The third-order valence-corrected chi connectivity index (χ3v) is 5.16. The molecule has 2 fully saturated rings. The Morgan fingerprint density at radius 2 is 2.08 bits per heavy atom.